The Balaban J connectivity index is 2.67. The van der Waals surface area contributed by atoms with Crippen molar-refractivity contribution in [1.29, 1.82) is 0 Å². The number of nitrogens with zero attached hydrogens (tertiary/aromatic N) is 2. The average molecular weight is 288 g/mol. The van der Waals surface area contributed by atoms with Crippen molar-refractivity contribution in [2.75, 3.05) is 0 Å². The van der Waals surface area contributed by atoms with Gasteiger partial charge in [-0.1, -0.05) is 13.8 Å². The lowest BCUT2D eigenvalue weighted by Gasteiger charge is -2.16. The number of aliphatic carboxylic acids is 1. The van der Waals surface area contributed by atoms with Crippen LogP contribution in [0.2, 0.25) is 0 Å². The van der Waals surface area contributed by atoms with E-state index in [1.54, 1.807) is 12.1 Å². The molecule has 2 rings (SSSR count). The predicted molar refractivity (Wildman–Crippen MR) is 78.2 cm³/mol. The average Bonchev–Trinajstić information content (AvgIpc) is 2.43. The number of fused-ring (bicyclic) bond motifs is 1. The van der Waals surface area contributed by atoms with Gasteiger partial charge in [0.15, 0.2) is 0 Å². The van der Waals surface area contributed by atoms with Crippen LogP contribution in [-0.4, -0.2) is 21.0 Å². The molecule has 110 valence electrons. The van der Waals surface area contributed by atoms with Crippen LogP contribution in [0.1, 0.15) is 31.7 Å². The first-order chi connectivity index (χ1) is 9.91. The molecule has 0 aliphatic rings. The summed E-state index contributed by atoms with van der Waals surface area (Å²) < 4.78 is 0. The molecule has 0 saturated carbocycles. The SMILES string of the molecule is CC(C)CC(C(=O)O)c1ccc([N+](=O)[O-])c2cccnc12. The number of benzene rings is 1. The van der Waals surface area contributed by atoms with E-state index in [-0.39, 0.29) is 11.6 Å². The second kappa shape index (κ2) is 5.87. The number of hydrogen-bond acceptors (Lipinski definition) is 4. The number of aromatic nitrogens is 1. The van der Waals surface area contributed by atoms with E-state index < -0.39 is 16.8 Å². The molecule has 0 fully saturated rings. The summed E-state index contributed by atoms with van der Waals surface area (Å²) in [7, 11) is 0. The van der Waals surface area contributed by atoms with E-state index in [0.29, 0.717) is 22.9 Å². The van der Waals surface area contributed by atoms with Crippen LogP contribution >= 0.6 is 0 Å². The monoisotopic (exact) mass is 288 g/mol. The van der Waals surface area contributed by atoms with Gasteiger partial charge in [0.1, 0.15) is 0 Å². The molecule has 6 nitrogen and oxygen atoms in total. The fourth-order valence-electron chi connectivity index (χ4n) is 2.45. The molecule has 2 aromatic rings. The fraction of sp³-hybridized carbons (Fsp3) is 0.333. The summed E-state index contributed by atoms with van der Waals surface area (Å²) in [6, 6.07) is 6.07. The van der Waals surface area contributed by atoms with Crippen molar-refractivity contribution in [3.8, 4) is 0 Å². The van der Waals surface area contributed by atoms with Crippen LogP contribution < -0.4 is 0 Å². The number of non-ortho nitro benzene ring substituents is 1. The highest BCUT2D eigenvalue weighted by molar-refractivity contribution is 5.93. The van der Waals surface area contributed by atoms with E-state index in [1.165, 1.54) is 18.3 Å². The zero-order valence-electron chi connectivity index (χ0n) is 11.8. The van der Waals surface area contributed by atoms with Crippen molar-refractivity contribution in [3.63, 3.8) is 0 Å². The Bertz CT molecular complexity index is 697. The molecule has 0 radical (unpaired) electrons. The molecular weight excluding hydrogens is 272 g/mol. The van der Waals surface area contributed by atoms with Crippen LogP contribution in [0, 0.1) is 16.0 Å². The minimum Gasteiger partial charge on any atom is -0.481 e. The maximum absolute atomic E-state index is 11.5. The predicted octanol–water partition coefficient (Wildman–Crippen LogP) is 3.36. The molecule has 0 amide bonds. The zero-order valence-corrected chi connectivity index (χ0v) is 11.8. The van der Waals surface area contributed by atoms with Gasteiger partial charge in [-0.3, -0.25) is 19.9 Å². The Hall–Kier alpha value is -2.50. The summed E-state index contributed by atoms with van der Waals surface area (Å²) >= 11 is 0. The van der Waals surface area contributed by atoms with Gasteiger partial charge in [0.25, 0.3) is 5.69 Å². The molecule has 0 saturated heterocycles. The number of carbonyl (C=O) groups is 1. The van der Waals surface area contributed by atoms with E-state index in [9.17, 15) is 20.0 Å². The first kappa shape index (κ1) is 14.9. The van der Waals surface area contributed by atoms with Crippen LogP contribution in [0.25, 0.3) is 10.9 Å². The molecule has 0 spiro atoms. The van der Waals surface area contributed by atoms with Crippen molar-refractivity contribution >= 4 is 22.6 Å². The summed E-state index contributed by atoms with van der Waals surface area (Å²) in [4.78, 5) is 26.3. The highest BCUT2D eigenvalue weighted by Crippen LogP contribution is 2.33. The highest BCUT2D eigenvalue weighted by atomic mass is 16.6. The first-order valence-electron chi connectivity index (χ1n) is 6.66. The maximum atomic E-state index is 11.5. The van der Waals surface area contributed by atoms with Crippen molar-refractivity contribution in [1.82, 2.24) is 4.98 Å². The van der Waals surface area contributed by atoms with Gasteiger partial charge in [-0.05, 0) is 36.1 Å². The molecule has 1 aromatic heterocycles. The second-order valence-electron chi connectivity index (χ2n) is 5.35. The molecule has 1 atom stereocenters. The Morgan fingerprint density at radius 1 is 1.38 bits per heavy atom. The van der Waals surface area contributed by atoms with Gasteiger partial charge in [-0.2, -0.15) is 0 Å². The molecule has 1 N–H and O–H groups in total. The Kier molecular flexibility index (Phi) is 4.16. The molecule has 1 heterocycles. The topological polar surface area (TPSA) is 93.3 Å². The number of hydrogen-bond donors (Lipinski definition) is 1. The third kappa shape index (κ3) is 2.99. The summed E-state index contributed by atoms with van der Waals surface area (Å²) in [6.07, 6.45) is 1.97. The van der Waals surface area contributed by atoms with Gasteiger partial charge < -0.3 is 5.11 Å². The summed E-state index contributed by atoms with van der Waals surface area (Å²) in [5.74, 6) is -1.47. The van der Waals surface area contributed by atoms with Crippen LogP contribution in [0.15, 0.2) is 30.5 Å². The lowest BCUT2D eigenvalue weighted by Crippen LogP contribution is -2.15. The summed E-state index contributed by atoms with van der Waals surface area (Å²) in [5.41, 5.74) is 0.854. The van der Waals surface area contributed by atoms with Crippen LogP contribution in [0.3, 0.4) is 0 Å². The number of carboxylic acid groups (broad SMARTS) is 1. The molecule has 0 aliphatic carbocycles. The van der Waals surface area contributed by atoms with E-state index in [0.717, 1.165) is 0 Å². The normalized spacial score (nSPS) is 12.5. The van der Waals surface area contributed by atoms with Crippen molar-refractivity contribution in [3.05, 3.63) is 46.1 Å². The van der Waals surface area contributed by atoms with Crippen molar-refractivity contribution in [2.45, 2.75) is 26.2 Å². The quantitative estimate of drug-likeness (QED) is 0.672. The van der Waals surface area contributed by atoms with E-state index >= 15 is 0 Å². The van der Waals surface area contributed by atoms with Gasteiger partial charge in [0.05, 0.1) is 21.7 Å². The zero-order chi connectivity index (χ0) is 15.6. The van der Waals surface area contributed by atoms with Crippen LogP contribution in [0.5, 0.6) is 0 Å². The third-order valence-corrected chi connectivity index (χ3v) is 3.36. The fourth-order valence-corrected chi connectivity index (χ4v) is 2.45. The minimum atomic E-state index is -0.940. The Morgan fingerprint density at radius 3 is 2.67 bits per heavy atom. The molecular formula is C15H16N2O4. The van der Waals surface area contributed by atoms with E-state index in [1.807, 2.05) is 13.8 Å². The minimum absolute atomic E-state index is 0.0597. The Labute approximate surface area is 121 Å². The number of nitro groups is 1. The highest BCUT2D eigenvalue weighted by Gasteiger charge is 2.26. The number of nitro benzene ring substituents is 1. The van der Waals surface area contributed by atoms with E-state index in [2.05, 4.69) is 4.98 Å². The largest absolute Gasteiger partial charge is 0.481 e. The number of pyridine rings is 1. The van der Waals surface area contributed by atoms with Gasteiger partial charge in [0, 0.05) is 12.3 Å². The molecule has 1 aromatic carbocycles. The maximum Gasteiger partial charge on any atom is 0.311 e. The number of carboxylic acids is 1. The summed E-state index contributed by atoms with van der Waals surface area (Å²) in [6.45, 7) is 3.88. The van der Waals surface area contributed by atoms with Crippen molar-refractivity contribution < 1.29 is 14.8 Å². The van der Waals surface area contributed by atoms with Gasteiger partial charge in [-0.15, -0.1) is 0 Å². The Morgan fingerprint density at radius 2 is 2.10 bits per heavy atom. The molecule has 1 unspecified atom stereocenters. The molecule has 0 bridgehead atoms. The van der Waals surface area contributed by atoms with Crippen LogP contribution in [0.4, 0.5) is 5.69 Å². The third-order valence-electron chi connectivity index (χ3n) is 3.36. The van der Waals surface area contributed by atoms with Gasteiger partial charge in [0.2, 0.25) is 0 Å². The lowest BCUT2D eigenvalue weighted by molar-refractivity contribution is -0.383. The first-order valence-corrected chi connectivity index (χ1v) is 6.66. The van der Waals surface area contributed by atoms with Crippen LogP contribution in [-0.2, 0) is 4.79 Å². The van der Waals surface area contributed by atoms with Gasteiger partial charge >= 0.3 is 5.97 Å². The van der Waals surface area contributed by atoms with E-state index in [4.69, 9.17) is 0 Å². The molecule has 21 heavy (non-hydrogen) atoms. The second-order valence-corrected chi connectivity index (χ2v) is 5.35. The standard InChI is InChI=1S/C15H16N2O4/c1-9(2)8-12(15(18)19)10-5-6-13(17(20)21)11-4-3-7-16-14(10)11/h3-7,9,12H,8H2,1-2H3,(H,18,19). The van der Waals surface area contributed by atoms with Crippen molar-refractivity contribution in [2.24, 2.45) is 5.92 Å². The summed E-state index contributed by atoms with van der Waals surface area (Å²) in [5, 5.41) is 20.9. The smallest absolute Gasteiger partial charge is 0.311 e. The number of rotatable bonds is 5. The molecule has 0 aliphatic heterocycles. The lowest BCUT2D eigenvalue weighted by atomic mass is 9.88. The van der Waals surface area contributed by atoms with Gasteiger partial charge in [-0.25, -0.2) is 0 Å². The molecule has 6 heteroatoms.